The van der Waals surface area contributed by atoms with Gasteiger partial charge in [-0.2, -0.15) is 5.10 Å². The number of alkyl halides is 1. The topological polar surface area (TPSA) is 66.4 Å². The van der Waals surface area contributed by atoms with Gasteiger partial charge < -0.3 is 19.7 Å². The molecule has 0 bridgehead atoms. The second kappa shape index (κ2) is 9.25. The Balaban J connectivity index is 1.85. The number of carbonyl (C=O) groups excluding carboxylic acids is 1. The quantitative estimate of drug-likeness (QED) is 0.758. The van der Waals surface area contributed by atoms with Gasteiger partial charge in [-0.25, -0.2) is 18.6 Å². The summed E-state index contributed by atoms with van der Waals surface area (Å²) in [6.07, 6.45) is -0.0660. The summed E-state index contributed by atoms with van der Waals surface area (Å²) in [6, 6.07) is 8.40. The third-order valence-electron chi connectivity index (χ3n) is 6.15. The predicted octanol–water partition coefficient (Wildman–Crippen LogP) is 3.73. The molecule has 2 aliphatic heterocycles. The van der Waals surface area contributed by atoms with Crippen LogP contribution in [-0.2, 0) is 6.42 Å². The number of methoxy groups -OCH3 is 2. The van der Waals surface area contributed by atoms with E-state index >= 15 is 4.39 Å². The maximum atomic E-state index is 15.5. The lowest BCUT2D eigenvalue weighted by Crippen LogP contribution is -2.41. The summed E-state index contributed by atoms with van der Waals surface area (Å²) in [4.78, 5) is 14.6. The number of urea groups is 1. The monoisotopic (exact) mass is 458 g/mol. The van der Waals surface area contributed by atoms with Crippen molar-refractivity contribution in [2.75, 3.05) is 39.3 Å². The minimum Gasteiger partial charge on any atom is -0.493 e. The molecule has 2 aromatic carbocycles. The van der Waals surface area contributed by atoms with Crippen molar-refractivity contribution in [3.63, 3.8) is 0 Å². The van der Waals surface area contributed by atoms with E-state index in [4.69, 9.17) is 9.47 Å². The molecule has 1 saturated heterocycles. The van der Waals surface area contributed by atoms with E-state index in [9.17, 15) is 9.18 Å². The number of fused-ring (bicyclic) bond motifs is 1. The normalized spacial score (nSPS) is 20.1. The fourth-order valence-electron chi connectivity index (χ4n) is 4.40. The van der Waals surface area contributed by atoms with Crippen LogP contribution in [-0.4, -0.2) is 63.3 Å². The first-order valence-electron chi connectivity index (χ1n) is 10.9. The zero-order chi connectivity index (χ0) is 23.7. The highest BCUT2D eigenvalue weighted by atomic mass is 19.1. The molecule has 7 nitrogen and oxygen atoms in total. The van der Waals surface area contributed by atoms with E-state index in [1.807, 2.05) is 36.1 Å². The number of rotatable bonds is 4. The van der Waals surface area contributed by atoms with Gasteiger partial charge in [0, 0.05) is 42.5 Å². The van der Waals surface area contributed by atoms with Crippen molar-refractivity contribution in [2.24, 2.45) is 5.10 Å². The van der Waals surface area contributed by atoms with Gasteiger partial charge in [0.2, 0.25) is 0 Å². The van der Waals surface area contributed by atoms with Crippen molar-refractivity contribution in [3.05, 3.63) is 52.8 Å². The van der Waals surface area contributed by atoms with Crippen molar-refractivity contribution in [3.8, 4) is 11.5 Å². The minimum atomic E-state index is -0.823. The van der Waals surface area contributed by atoms with Crippen molar-refractivity contribution in [1.82, 2.24) is 10.3 Å². The first kappa shape index (κ1) is 22.8. The number of hydrogen-bond donors (Lipinski definition) is 1. The number of amides is 2. The number of anilines is 1. The molecule has 33 heavy (non-hydrogen) atoms. The summed E-state index contributed by atoms with van der Waals surface area (Å²) in [7, 11) is 4.36. The molecule has 2 aromatic rings. The molecule has 0 unspecified atom stereocenters. The number of carbonyl (C=O) groups is 1. The Hall–Kier alpha value is -3.36. The highest BCUT2D eigenvalue weighted by molar-refractivity contribution is 6.14. The minimum absolute atomic E-state index is 0.0151. The lowest BCUT2D eigenvalue weighted by molar-refractivity contribution is 0.184. The first-order chi connectivity index (χ1) is 15.9. The Kier molecular flexibility index (Phi) is 6.40. The Bertz CT molecular complexity index is 1070. The Labute approximate surface area is 192 Å². The maximum Gasteiger partial charge on any atom is 0.337 e. The fraction of sp³-hybridized carbons (Fsp3) is 0.417. The van der Waals surface area contributed by atoms with Gasteiger partial charge in [-0.3, -0.25) is 0 Å². The third-order valence-corrected chi connectivity index (χ3v) is 6.15. The van der Waals surface area contributed by atoms with Crippen molar-refractivity contribution >= 4 is 17.4 Å². The molecule has 0 aliphatic carbocycles. The van der Waals surface area contributed by atoms with Gasteiger partial charge in [-0.15, -0.1) is 0 Å². The SMILES string of the molecule is CNC(=O)N1N=C(c2ccc(N3CC[C@@H](F)C3)cc2)c2cc(OC)c(OC)c(F)c2C[C@@H]1C. The molecule has 0 radical (unpaired) electrons. The van der Waals surface area contributed by atoms with E-state index in [0.717, 1.165) is 5.69 Å². The van der Waals surface area contributed by atoms with Gasteiger partial charge in [0.15, 0.2) is 17.3 Å². The number of benzene rings is 2. The third kappa shape index (κ3) is 4.19. The van der Waals surface area contributed by atoms with E-state index < -0.39 is 24.1 Å². The molecule has 9 heteroatoms. The number of ether oxygens (including phenoxy) is 2. The highest BCUT2D eigenvalue weighted by Crippen LogP contribution is 2.38. The van der Waals surface area contributed by atoms with E-state index in [-0.39, 0.29) is 17.9 Å². The average molecular weight is 459 g/mol. The van der Waals surface area contributed by atoms with Gasteiger partial charge in [-0.1, -0.05) is 12.1 Å². The van der Waals surface area contributed by atoms with Crippen LogP contribution < -0.4 is 19.7 Å². The molecule has 2 amide bonds. The smallest absolute Gasteiger partial charge is 0.337 e. The van der Waals surface area contributed by atoms with Crippen molar-refractivity contribution in [2.45, 2.75) is 32.0 Å². The van der Waals surface area contributed by atoms with Crippen LogP contribution in [0, 0.1) is 5.82 Å². The van der Waals surface area contributed by atoms with Crippen molar-refractivity contribution in [1.29, 1.82) is 0 Å². The Morgan fingerprint density at radius 2 is 1.94 bits per heavy atom. The number of nitrogens with zero attached hydrogens (tertiary/aromatic N) is 3. The van der Waals surface area contributed by atoms with E-state index in [0.29, 0.717) is 41.9 Å². The summed E-state index contributed by atoms with van der Waals surface area (Å²) >= 11 is 0. The summed E-state index contributed by atoms with van der Waals surface area (Å²) in [5.41, 5.74) is 2.97. The van der Waals surface area contributed by atoms with Crippen LogP contribution in [0.2, 0.25) is 0 Å². The number of nitrogens with one attached hydrogen (secondary N) is 1. The fourth-order valence-corrected chi connectivity index (χ4v) is 4.40. The molecule has 2 heterocycles. The summed E-state index contributed by atoms with van der Waals surface area (Å²) in [6.45, 7) is 2.84. The van der Waals surface area contributed by atoms with E-state index in [2.05, 4.69) is 10.4 Å². The zero-order valence-electron chi connectivity index (χ0n) is 19.2. The molecule has 1 fully saturated rings. The van der Waals surface area contributed by atoms with Crippen LogP contribution in [0.25, 0.3) is 0 Å². The molecule has 0 aromatic heterocycles. The molecule has 176 valence electrons. The number of halogens is 2. The lowest BCUT2D eigenvalue weighted by atomic mass is 9.93. The molecule has 2 aliphatic rings. The first-order valence-corrected chi connectivity index (χ1v) is 10.9. The van der Waals surface area contributed by atoms with E-state index in [1.165, 1.54) is 26.3 Å². The number of hydrogen-bond acceptors (Lipinski definition) is 5. The standard InChI is InChI=1S/C24H28F2N4O3/c1-14-11-18-19(12-20(32-3)23(33-4)21(18)26)22(28-30(14)24(31)27-2)15-5-7-17(8-6-15)29-10-9-16(25)13-29/h5-8,12,14,16H,9-11,13H2,1-4H3,(H,27,31)/t14-,16+/m0/s1. The van der Waals surface area contributed by atoms with Crippen LogP contribution >= 0.6 is 0 Å². The molecular formula is C24H28F2N4O3. The average Bonchev–Trinajstić information content (AvgIpc) is 3.20. The molecule has 2 atom stereocenters. The zero-order valence-corrected chi connectivity index (χ0v) is 19.2. The van der Waals surface area contributed by atoms with Crippen LogP contribution in [0.15, 0.2) is 35.4 Å². The molecule has 1 N–H and O–H groups in total. The second-order valence-corrected chi connectivity index (χ2v) is 8.23. The van der Waals surface area contributed by atoms with Gasteiger partial charge in [0.05, 0.1) is 26.0 Å². The Morgan fingerprint density at radius 1 is 1.21 bits per heavy atom. The van der Waals surface area contributed by atoms with Crippen LogP contribution in [0.5, 0.6) is 11.5 Å². The van der Waals surface area contributed by atoms with Gasteiger partial charge in [0.1, 0.15) is 6.17 Å². The molecule has 0 saturated carbocycles. The highest BCUT2D eigenvalue weighted by Gasteiger charge is 2.31. The van der Waals surface area contributed by atoms with Crippen LogP contribution in [0.3, 0.4) is 0 Å². The predicted molar refractivity (Wildman–Crippen MR) is 123 cm³/mol. The summed E-state index contributed by atoms with van der Waals surface area (Å²) in [5.74, 6) is -0.278. The largest absolute Gasteiger partial charge is 0.493 e. The second-order valence-electron chi connectivity index (χ2n) is 8.23. The van der Waals surface area contributed by atoms with E-state index in [1.54, 1.807) is 6.07 Å². The van der Waals surface area contributed by atoms with Crippen LogP contribution in [0.1, 0.15) is 30.0 Å². The van der Waals surface area contributed by atoms with Crippen molar-refractivity contribution < 1.29 is 23.0 Å². The van der Waals surface area contributed by atoms with Gasteiger partial charge in [-0.05, 0) is 38.0 Å². The molecule has 0 spiro atoms. The summed E-state index contributed by atoms with van der Waals surface area (Å²) < 4.78 is 39.8. The van der Waals surface area contributed by atoms with Crippen LogP contribution in [0.4, 0.5) is 19.3 Å². The van der Waals surface area contributed by atoms with Gasteiger partial charge in [0.25, 0.3) is 0 Å². The lowest BCUT2D eigenvalue weighted by Gasteiger charge is -2.22. The summed E-state index contributed by atoms with van der Waals surface area (Å²) in [5, 5.41) is 8.58. The number of hydrazone groups is 1. The van der Waals surface area contributed by atoms with Gasteiger partial charge >= 0.3 is 6.03 Å². The molecule has 4 rings (SSSR count). The Morgan fingerprint density at radius 3 is 2.52 bits per heavy atom. The molecular weight excluding hydrogens is 430 g/mol. The maximum absolute atomic E-state index is 15.5.